The van der Waals surface area contributed by atoms with E-state index < -0.39 is 59.7 Å². The zero-order valence-corrected chi connectivity index (χ0v) is 44.9. The normalized spacial score (nSPS) is 17.0. The lowest BCUT2D eigenvalue weighted by Gasteiger charge is -2.20. The molecule has 10 bridgehead atoms. The Morgan fingerprint density at radius 2 is 1.27 bits per heavy atom. The number of hydrogen-bond acceptors (Lipinski definition) is 20. The van der Waals surface area contributed by atoms with Crippen molar-refractivity contribution in [3.05, 3.63) is 81.7 Å². The third-order valence-electron chi connectivity index (χ3n) is 11.1. The number of thiazole rings is 6. The summed E-state index contributed by atoms with van der Waals surface area (Å²) in [6.45, 7) is 10.6. The summed E-state index contributed by atoms with van der Waals surface area (Å²) in [4.78, 5) is 126. The molecule has 7 N–H and O–H groups in total. The molecule has 8 heterocycles. The highest BCUT2D eigenvalue weighted by molar-refractivity contribution is 7.15. The first kappa shape index (κ1) is 52.5. The molecule has 0 fully saturated rings. The number of carbonyl (C=O) groups is 7. The highest BCUT2D eigenvalue weighted by Gasteiger charge is 2.31. The van der Waals surface area contributed by atoms with Crippen LogP contribution in [0.25, 0.3) is 43.4 Å². The smallest absolute Gasteiger partial charge is 0.305 e. The van der Waals surface area contributed by atoms with Gasteiger partial charge in [-0.2, -0.15) is 0 Å². The second-order valence-corrected chi connectivity index (χ2v) is 22.9. The predicted molar refractivity (Wildman–Crippen MR) is 279 cm³/mol. The van der Waals surface area contributed by atoms with Gasteiger partial charge in [0.1, 0.15) is 69.9 Å². The topological polar surface area (TPSA) is 302 Å². The van der Waals surface area contributed by atoms with Crippen molar-refractivity contribution in [2.45, 2.75) is 78.6 Å². The summed E-state index contributed by atoms with van der Waals surface area (Å²) < 4.78 is 0. The zero-order valence-electron chi connectivity index (χ0n) is 40.0. The van der Waals surface area contributed by atoms with E-state index in [-0.39, 0.29) is 59.9 Å². The maximum atomic E-state index is 14.1. The van der Waals surface area contributed by atoms with Crippen molar-refractivity contribution in [1.82, 2.24) is 66.8 Å². The Morgan fingerprint density at radius 1 is 0.658 bits per heavy atom. The van der Waals surface area contributed by atoms with E-state index in [1.807, 2.05) is 33.1 Å². The number of nitrogens with zero attached hydrogens (tertiary/aromatic N) is 7. The molecule has 0 aliphatic carbocycles. The molecule has 7 aromatic rings. The van der Waals surface area contributed by atoms with Gasteiger partial charge in [-0.1, -0.05) is 27.7 Å². The lowest BCUT2D eigenvalue weighted by molar-refractivity contribution is -0.137. The summed E-state index contributed by atoms with van der Waals surface area (Å²) in [6, 6.07) is 0.744. The third kappa shape index (κ3) is 12.2. The lowest BCUT2D eigenvalue weighted by Crippen LogP contribution is -2.40. The van der Waals surface area contributed by atoms with Gasteiger partial charge in [-0.3, -0.25) is 33.6 Å². The maximum absolute atomic E-state index is 14.1. The van der Waals surface area contributed by atoms with Crippen LogP contribution in [0.1, 0.15) is 127 Å². The van der Waals surface area contributed by atoms with Crippen LogP contribution in [0.2, 0.25) is 0 Å². The van der Waals surface area contributed by atoms with Crippen LogP contribution in [-0.2, 0) is 14.4 Å². The predicted octanol–water partition coefficient (Wildman–Crippen LogP) is 6.68. The molecule has 7 aromatic heterocycles. The first-order valence-corrected chi connectivity index (χ1v) is 27.8. The largest absolute Gasteiger partial charge is 0.481 e. The SMILES string of the molecule is CNC(=O)CC1NC(=O)c2csc(n2)-c2ccc(-c3nc(C(=O)NC(C)CC(=O)O)cs3)nc2-c2csc(n2)-c2csc(n2)C(C(C)C)NC(=O)CNC(=O)c2csc(n2)C(C(C)C)NC(=O)c2nc1sc2C. The number of carbonyl (C=O) groups excluding carboxylic acids is 6. The Balaban J connectivity index is 1.18. The number of aliphatic carboxylic acids is 1. The number of amides is 6. The second-order valence-electron chi connectivity index (χ2n) is 17.3. The first-order chi connectivity index (χ1) is 34.8. The minimum atomic E-state index is -1.05. The van der Waals surface area contributed by atoms with Gasteiger partial charge < -0.3 is 37.0 Å². The molecule has 21 nitrogen and oxygen atoms in total. The van der Waals surface area contributed by atoms with E-state index in [2.05, 4.69) is 46.9 Å². The number of carboxylic acid groups (broad SMARTS) is 1. The lowest BCUT2D eigenvalue weighted by atomic mass is 10.0. The van der Waals surface area contributed by atoms with Gasteiger partial charge in [-0.05, 0) is 37.8 Å². The van der Waals surface area contributed by atoms with Crippen molar-refractivity contribution < 1.29 is 38.7 Å². The van der Waals surface area contributed by atoms with Crippen molar-refractivity contribution in [2.24, 2.45) is 11.8 Å². The number of hydrogen-bond donors (Lipinski definition) is 7. The standard InChI is InChI=1S/C46H47N13O8S6/c1-18(2)33-45-56-29(17-72-45)43-52-25(13-69-43)36-22(8-9-23(50-36)42-54-27(16-70-42)38(65)49-20(5)10-32(62)63)41-53-28(15-68-41)39(66)51-24(11-30(60)47-7)44-59-35(21(6)73-44)40(67)58-34(19(3)4)46-55-26(14-71-46)37(64)48-12-31(61)57-33/h8-9,13-20,24,33-34H,10-12H2,1-7H3,(H,47,60)(H,48,64)(H,49,65)(H,51,66)(H,57,61)(H,58,67)(H,62,63). The Hall–Kier alpha value is -6.78. The highest BCUT2D eigenvalue weighted by Crippen LogP contribution is 2.39. The van der Waals surface area contributed by atoms with Crippen LogP contribution in [0.4, 0.5) is 0 Å². The molecule has 1 aliphatic rings. The van der Waals surface area contributed by atoms with Crippen molar-refractivity contribution in [2.75, 3.05) is 13.6 Å². The van der Waals surface area contributed by atoms with E-state index in [9.17, 15) is 38.7 Å². The van der Waals surface area contributed by atoms with E-state index in [1.54, 1.807) is 47.5 Å². The fourth-order valence-electron chi connectivity index (χ4n) is 7.33. The van der Waals surface area contributed by atoms with Crippen LogP contribution in [0.5, 0.6) is 0 Å². The number of nitrogens with one attached hydrogen (secondary N) is 6. The summed E-state index contributed by atoms with van der Waals surface area (Å²) in [5, 5.41) is 37.1. The molecule has 4 unspecified atom stereocenters. The average molecular weight is 1100 g/mol. The molecule has 0 aromatic carbocycles. The number of aryl methyl sites for hydroxylation is 1. The summed E-state index contributed by atoms with van der Waals surface area (Å²) in [5.41, 5.74) is 2.57. The number of rotatable bonds is 9. The number of aromatic nitrogens is 7. The molecule has 0 saturated heterocycles. The van der Waals surface area contributed by atoms with Crippen LogP contribution < -0.4 is 31.9 Å². The minimum absolute atomic E-state index is 0.0388. The van der Waals surface area contributed by atoms with Crippen LogP contribution in [0.15, 0.2) is 39.0 Å². The second kappa shape index (κ2) is 22.5. The van der Waals surface area contributed by atoms with Gasteiger partial charge in [0.05, 0.1) is 43.2 Å². The van der Waals surface area contributed by atoms with Gasteiger partial charge in [0.2, 0.25) is 11.8 Å². The molecule has 6 amide bonds. The summed E-state index contributed by atoms with van der Waals surface area (Å²) in [7, 11) is 1.47. The number of carboxylic acids is 1. The summed E-state index contributed by atoms with van der Waals surface area (Å²) in [5.74, 6) is -4.38. The van der Waals surface area contributed by atoms with E-state index in [0.717, 1.165) is 11.3 Å². The highest BCUT2D eigenvalue weighted by atomic mass is 32.1. The Kier molecular flexibility index (Phi) is 16.2. The van der Waals surface area contributed by atoms with Crippen molar-refractivity contribution in [1.29, 1.82) is 0 Å². The molecular weight excluding hydrogens is 1050 g/mol. The number of pyridine rings is 1. The molecule has 0 spiro atoms. The molecule has 1 aliphatic heterocycles. The Bertz CT molecular complexity index is 3240. The summed E-state index contributed by atoms with van der Waals surface area (Å²) in [6.07, 6.45) is -0.463. The fourth-order valence-corrected chi connectivity index (χ4v) is 12.8. The van der Waals surface area contributed by atoms with Gasteiger partial charge in [-0.15, -0.1) is 68.0 Å². The molecular formula is C46H47N13O8S6. The van der Waals surface area contributed by atoms with Crippen molar-refractivity contribution >= 4 is 109 Å². The van der Waals surface area contributed by atoms with Gasteiger partial charge in [0, 0.05) is 50.4 Å². The third-order valence-corrected chi connectivity index (χ3v) is 16.6. The number of fused-ring (bicyclic) bond motifs is 14. The van der Waals surface area contributed by atoms with Gasteiger partial charge in [0.15, 0.2) is 0 Å². The molecule has 4 atom stereocenters. The quantitative estimate of drug-likeness (QED) is 0.0793. The van der Waals surface area contributed by atoms with E-state index in [4.69, 9.17) is 19.9 Å². The van der Waals surface area contributed by atoms with E-state index >= 15 is 0 Å². The van der Waals surface area contributed by atoms with Crippen LogP contribution in [0.3, 0.4) is 0 Å². The van der Waals surface area contributed by atoms with Crippen molar-refractivity contribution in [3.8, 4) is 43.4 Å². The monoisotopic (exact) mass is 1100 g/mol. The first-order valence-electron chi connectivity index (χ1n) is 22.5. The van der Waals surface area contributed by atoms with Gasteiger partial charge in [0.25, 0.3) is 23.6 Å². The molecule has 0 saturated carbocycles. The molecule has 27 heteroatoms. The Morgan fingerprint density at radius 3 is 1.99 bits per heavy atom. The van der Waals surface area contributed by atoms with Crippen LogP contribution in [-0.4, -0.2) is 101 Å². The van der Waals surface area contributed by atoms with Crippen molar-refractivity contribution in [3.63, 3.8) is 0 Å². The average Bonchev–Trinajstić information content (AvgIpc) is 4.21. The fraction of sp³-hybridized carbons (Fsp3) is 0.348. The Labute approximate surface area is 441 Å². The summed E-state index contributed by atoms with van der Waals surface area (Å²) >= 11 is 7.35. The van der Waals surface area contributed by atoms with Crippen LogP contribution in [0, 0.1) is 18.8 Å². The van der Waals surface area contributed by atoms with Gasteiger partial charge in [-0.25, -0.2) is 34.9 Å². The van der Waals surface area contributed by atoms with Crippen LogP contribution >= 0.6 is 68.0 Å². The van der Waals surface area contributed by atoms with E-state index in [1.165, 1.54) is 63.7 Å². The van der Waals surface area contributed by atoms with Gasteiger partial charge >= 0.3 is 5.97 Å². The minimum Gasteiger partial charge on any atom is -0.481 e. The molecule has 0 radical (unpaired) electrons. The molecule has 8 rings (SSSR count). The molecule has 73 heavy (non-hydrogen) atoms. The maximum Gasteiger partial charge on any atom is 0.305 e. The zero-order chi connectivity index (χ0) is 52.2. The molecule has 380 valence electrons. The van der Waals surface area contributed by atoms with E-state index in [0.29, 0.717) is 63.3 Å².